The highest BCUT2D eigenvalue weighted by atomic mass is 32.2. The van der Waals surface area contributed by atoms with Crippen molar-refractivity contribution in [3.8, 4) is 0 Å². The molecule has 0 spiro atoms. The van der Waals surface area contributed by atoms with Crippen molar-refractivity contribution in [2.24, 2.45) is 10.7 Å². The Morgan fingerprint density at radius 2 is 1.95 bits per heavy atom. The van der Waals surface area contributed by atoms with Crippen molar-refractivity contribution in [3.05, 3.63) is 29.8 Å². The summed E-state index contributed by atoms with van der Waals surface area (Å²) >= 11 is 0. The van der Waals surface area contributed by atoms with Crippen LogP contribution in [0.2, 0.25) is 0 Å². The summed E-state index contributed by atoms with van der Waals surface area (Å²) in [6, 6.07) is 6.56. The van der Waals surface area contributed by atoms with Crippen LogP contribution in [0.3, 0.4) is 0 Å². The third kappa shape index (κ3) is 5.18. The number of sulfonamides is 1. The summed E-state index contributed by atoms with van der Waals surface area (Å²) in [4.78, 5) is 4.43. The molecule has 0 saturated heterocycles. The average Bonchev–Trinajstić information content (AvgIpc) is 2.46. The van der Waals surface area contributed by atoms with E-state index in [2.05, 4.69) is 22.0 Å². The maximum Gasteiger partial charge on any atom is 0.240 e. The minimum Gasteiger partial charge on any atom is -0.370 e. The first-order valence-electron chi connectivity index (χ1n) is 6.56. The number of benzene rings is 1. The highest BCUT2D eigenvalue weighted by molar-refractivity contribution is 7.89. The standard InChI is InChI=1S/C13H22N4O2S/c1-3-4-9-16-13(14)17-10-11-5-7-12(8-6-11)20(18,19)15-2/h5-8,15H,3-4,9-10H2,1-2H3,(H3,14,16,17). The first-order chi connectivity index (χ1) is 9.49. The van der Waals surface area contributed by atoms with Gasteiger partial charge in [0, 0.05) is 6.54 Å². The van der Waals surface area contributed by atoms with Gasteiger partial charge in [-0.1, -0.05) is 25.5 Å². The molecular weight excluding hydrogens is 276 g/mol. The molecular formula is C13H22N4O2S. The van der Waals surface area contributed by atoms with Crippen molar-refractivity contribution >= 4 is 16.0 Å². The van der Waals surface area contributed by atoms with Gasteiger partial charge in [0.2, 0.25) is 10.0 Å². The highest BCUT2D eigenvalue weighted by Gasteiger charge is 2.09. The minimum atomic E-state index is -3.38. The summed E-state index contributed by atoms with van der Waals surface area (Å²) in [7, 11) is -2.00. The number of nitrogens with one attached hydrogen (secondary N) is 2. The minimum absolute atomic E-state index is 0.238. The summed E-state index contributed by atoms with van der Waals surface area (Å²) in [5.41, 5.74) is 6.62. The molecule has 0 aliphatic heterocycles. The van der Waals surface area contributed by atoms with Gasteiger partial charge in [0.05, 0.1) is 11.4 Å². The third-order valence-electron chi connectivity index (χ3n) is 2.77. The maximum atomic E-state index is 11.6. The normalized spacial score (nSPS) is 12.4. The molecule has 0 atom stereocenters. The molecule has 0 aliphatic carbocycles. The molecule has 0 aromatic heterocycles. The van der Waals surface area contributed by atoms with Crippen molar-refractivity contribution in [3.63, 3.8) is 0 Å². The number of aliphatic imine (C=N–C) groups is 1. The first-order valence-corrected chi connectivity index (χ1v) is 8.04. The largest absolute Gasteiger partial charge is 0.370 e. The van der Waals surface area contributed by atoms with Crippen LogP contribution in [0.15, 0.2) is 34.2 Å². The molecule has 0 bridgehead atoms. The van der Waals surface area contributed by atoms with E-state index in [1.54, 1.807) is 24.3 Å². The molecule has 4 N–H and O–H groups in total. The maximum absolute atomic E-state index is 11.6. The summed E-state index contributed by atoms with van der Waals surface area (Å²) in [6.45, 7) is 3.34. The van der Waals surface area contributed by atoms with Gasteiger partial charge in [0.1, 0.15) is 0 Å². The number of hydrogen-bond acceptors (Lipinski definition) is 3. The Hall–Kier alpha value is -1.60. The lowest BCUT2D eigenvalue weighted by atomic mass is 10.2. The Morgan fingerprint density at radius 3 is 2.50 bits per heavy atom. The molecule has 0 unspecified atom stereocenters. The predicted octanol–water partition coefficient (Wildman–Crippen LogP) is 0.799. The molecule has 0 radical (unpaired) electrons. The zero-order valence-corrected chi connectivity index (χ0v) is 12.7. The number of unbranched alkanes of at least 4 members (excludes halogenated alkanes) is 1. The Kier molecular flexibility index (Phi) is 6.47. The molecule has 6 nitrogen and oxygen atoms in total. The lowest BCUT2D eigenvalue weighted by Gasteiger charge is -2.05. The highest BCUT2D eigenvalue weighted by Crippen LogP contribution is 2.10. The van der Waals surface area contributed by atoms with E-state index in [9.17, 15) is 8.42 Å². The van der Waals surface area contributed by atoms with Gasteiger partial charge in [-0.3, -0.25) is 0 Å². The average molecular weight is 298 g/mol. The van der Waals surface area contributed by atoms with Crippen molar-refractivity contribution in [2.45, 2.75) is 31.2 Å². The SMILES string of the molecule is CCCCNC(N)=NCc1ccc(S(=O)(=O)NC)cc1. The fraction of sp³-hybridized carbons (Fsp3) is 0.462. The summed E-state index contributed by atoms with van der Waals surface area (Å²) in [5.74, 6) is 0.408. The Labute approximate surface area is 120 Å². The molecule has 0 aliphatic rings. The van der Waals surface area contributed by atoms with Gasteiger partial charge in [0.25, 0.3) is 0 Å². The predicted molar refractivity (Wildman–Crippen MR) is 80.9 cm³/mol. The Bertz CT molecular complexity index is 538. The molecule has 0 heterocycles. The summed E-state index contributed by atoms with van der Waals surface area (Å²) < 4.78 is 25.4. The van der Waals surface area contributed by atoms with Gasteiger partial charge in [-0.05, 0) is 31.2 Å². The van der Waals surface area contributed by atoms with Gasteiger partial charge < -0.3 is 11.1 Å². The number of nitrogens with zero attached hydrogens (tertiary/aromatic N) is 1. The molecule has 0 fully saturated rings. The Balaban J connectivity index is 2.60. The molecule has 112 valence electrons. The molecule has 0 saturated carbocycles. The fourth-order valence-electron chi connectivity index (χ4n) is 1.52. The molecule has 0 amide bonds. The van der Waals surface area contributed by atoms with Crippen LogP contribution in [-0.2, 0) is 16.6 Å². The Morgan fingerprint density at radius 1 is 1.30 bits per heavy atom. The smallest absolute Gasteiger partial charge is 0.240 e. The second kappa shape index (κ2) is 7.86. The van der Waals surface area contributed by atoms with Crippen LogP contribution in [0, 0.1) is 0 Å². The summed E-state index contributed by atoms with van der Waals surface area (Å²) in [5, 5.41) is 3.02. The van der Waals surface area contributed by atoms with E-state index in [1.165, 1.54) is 7.05 Å². The number of rotatable bonds is 7. The number of hydrogen-bond donors (Lipinski definition) is 3. The van der Waals surface area contributed by atoms with Crippen LogP contribution < -0.4 is 15.8 Å². The molecule has 1 aromatic rings. The van der Waals surface area contributed by atoms with Crippen molar-refractivity contribution < 1.29 is 8.42 Å². The van der Waals surface area contributed by atoms with E-state index in [-0.39, 0.29) is 4.90 Å². The van der Waals surface area contributed by atoms with Gasteiger partial charge in [-0.25, -0.2) is 18.1 Å². The van der Waals surface area contributed by atoms with E-state index in [0.29, 0.717) is 12.5 Å². The van der Waals surface area contributed by atoms with E-state index < -0.39 is 10.0 Å². The van der Waals surface area contributed by atoms with Crippen molar-refractivity contribution in [1.29, 1.82) is 0 Å². The quantitative estimate of drug-likeness (QED) is 0.394. The van der Waals surface area contributed by atoms with Crippen molar-refractivity contribution in [2.75, 3.05) is 13.6 Å². The van der Waals surface area contributed by atoms with Gasteiger partial charge in [0.15, 0.2) is 5.96 Å². The second-order valence-corrected chi connectivity index (χ2v) is 6.22. The number of guanidine groups is 1. The number of nitrogens with two attached hydrogens (primary N) is 1. The van der Waals surface area contributed by atoms with Gasteiger partial charge in [-0.2, -0.15) is 0 Å². The van der Waals surface area contributed by atoms with E-state index >= 15 is 0 Å². The molecule has 1 rings (SSSR count). The van der Waals surface area contributed by atoms with Crippen LogP contribution in [0.4, 0.5) is 0 Å². The fourth-order valence-corrected chi connectivity index (χ4v) is 2.25. The zero-order chi connectivity index (χ0) is 15.0. The second-order valence-electron chi connectivity index (χ2n) is 4.33. The molecule has 7 heteroatoms. The zero-order valence-electron chi connectivity index (χ0n) is 11.9. The molecule has 1 aromatic carbocycles. The summed E-state index contributed by atoms with van der Waals surface area (Å²) in [6.07, 6.45) is 2.15. The first kappa shape index (κ1) is 16.5. The third-order valence-corrected chi connectivity index (χ3v) is 4.20. The van der Waals surface area contributed by atoms with E-state index in [1.807, 2.05) is 0 Å². The lowest BCUT2D eigenvalue weighted by molar-refractivity contribution is 0.588. The van der Waals surface area contributed by atoms with Crippen LogP contribution >= 0.6 is 0 Å². The molecule has 20 heavy (non-hydrogen) atoms. The van der Waals surface area contributed by atoms with Crippen LogP contribution in [0.25, 0.3) is 0 Å². The van der Waals surface area contributed by atoms with Crippen LogP contribution in [0.5, 0.6) is 0 Å². The monoisotopic (exact) mass is 298 g/mol. The van der Waals surface area contributed by atoms with Gasteiger partial charge in [-0.15, -0.1) is 0 Å². The van der Waals surface area contributed by atoms with Crippen LogP contribution in [0.1, 0.15) is 25.3 Å². The van der Waals surface area contributed by atoms with E-state index in [0.717, 1.165) is 24.9 Å². The van der Waals surface area contributed by atoms with Gasteiger partial charge >= 0.3 is 0 Å². The lowest BCUT2D eigenvalue weighted by Crippen LogP contribution is -2.32. The van der Waals surface area contributed by atoms with Crippen molar-refractivity contribution in [1.82, 2.24) is 10.0 Å². The van der Waals surface area contributed by atoms with E-state index in [4.69, 9.17) is 5.73 Å². The topological polar surface area (TPSA) is 96.6 Å². The van der Waals surface area contributed by atoms with Crippen LogP contribution in [-0.4, -0.2) is 28.0 Å².